The maximum absolute atomic E-state index is 6.19. The van der Waals surface area contributed by atoms with Crippen LogP contribution in [0.25, 0.3) is 0 Å². The minimum absolute atomic E-state index is 0.687. The quantitative estimate of drug-likeness (QED) is 0.842. The van der Waals surface area contributed by atoms with Gasteiger partial charge in [0, 0.05) is 35.9 Å². The van der Waals surface area contributed by atoms with E-state index in [2.05, 4.69) is 15.2 Å². The second-order valence-electron chi connectivity index (χ2n) is 6.52. The van der Waals surface area contributed by atoms with Gasteiger partial charge in [-0.2, -0.15) is 4.98 Å². The van der Waals surface area contributed by atoms with Gasteiger partial charge in [-0.1, -0.05) is 24.4 Å². The summed E-state index contributed by atoms with van der Waals surface area (Å²) in [6.07, 6.45) is 4.97. The third kappa shape index (κ3) is 4.34. The van der Waals surface area contributed by atoms with Crippen molar-refractivity contribution < 1.29 is 4.74 Å². The fraction of sp³-hybridized carbons (Fsp3) is 0.474. The number of nitrogens with one attached hydrogen (secondary N) is 1. The lowest BCUT2D eigenvalue weighted by Crippen LogP contribution is -2.26. The molecule has 6 heteroatoms. The Hall–Kier alpha value is -2.01. The minimum atomic E-state index is 0.687. The summed E-state index contributed by atoms with van der Waals surface area (Å²) in [5.74, 6) is 2.27. The molecule has 0 atom stereocenters. The Balaban J connectivity index is 1.89. The molecule has 5 nitrogen and oxygen atoms in total. The van der Waals surface area contributed by atoms with Gasteiger partial charge in [0.1, 0.15) is 11.6 Å². The Morgan fingerprint density at radius 2 is 1.76 bits per heavy atom. The van der Waals surface area contributed by atoms with Crippen molar-refractivity contribution in [3.05, 3.63) is 34.5 Å². The predicted molar refractivity (Wildman–Crippen MR) is 103 cm³/mol. The van der Waals surface area contributed by atoms with Crippen LogP contribution >= 0.6 is 11.6 Å². The monoisotopic (exact) mass is 360 g/mol. The third-order valence-corrected chi connectivity index (χ3v) is 4.88. The Morgan fingerprint density at radius 1 is 1.04 bits per heavy atom. The molecule has 1 aliphatic heterocycles. The van der Waals surface area contributed by atoms with Crippen molar-refractivity contribution in [2.75, 3.05) is 30.4 Å². The Kier molecular flexibility index (Phi) is 5.63. The van der Waals surface area contributed by atoms with Gasteiger partial charge in [-0.3, -0.25) is 0 Å². The van der Waals surface area contributed by atoms with E-state index in [4.69, 9.17) is 21.3 Å². The first-order valence-corrected chi connectivity index (χ1v) is 9.16. The van der Waals surface area contributed by atoms with E-state index in [0.717, 1.165) is 41.8 Å². The number of rotatable bonds is 4. The number of benzene rings is 1. The average Bonchev–Trinajstić information content (AvgIpc) is 2.87. The number of aryl methyl sites for hydroxylation is 2. The summed E-state index contributed by atoms with van der Waals surface area (Å²) in [6.45, 7) is 6.01. The van der Waals surface area contributed by atoms with Crippen molar-refractivity contribution in [2.45, 2.75) is 39.5 Å². The number of hydrogen-bond donors (Lipinski definition) is 1. The van der Waals surface area contributed by atoms with Crippen molar-refractivity contribution in [2.24, 2.45) is 0 Å². The summed E-state index contributed by atoms with van der Waals surface area (Å²) in [6, 6.07) is 5.75. The highest BCUT2D eigenvalue weighted by Crippen LogP contribution is 2.33. The number of ether oxygens (including phenoxy) is 1. The van der Waals surface area contributed by atoms with E-state index in [1.165, 1.54) is 25.7 Å². The number of methoxy groups -OCH3 is 1. The van der Waals surface area contributed by atoms with Gasteiger partial charge in [-0.25, -0.2) is 4.98 Å². The molecule has 2 heterocycles. The lowest BCUT2D eigenvalue weighted by atomic mass is 10.2. The summed E-state index contributed by atoms with van der Waals surface area (Å²) >= 11 is 6.19. The molecule has 1 aromatic carbocycles. The number of aromatic nitrogens is 2. The highest BCUT2D eigenvalue weighted by atomic mass is 35.5. The highest BCUT2D eigenvalue weighted by molar-refractivity contribution is 6.31. The lowest BCUT2D eigenvalue weighted by molar-refractivity contribution is 0.416. The average molecular weight is 361 g/mol. The first-order valence-electron chi connectivity index (χ1n) is 8.78. The van der Waals surface area contributed by atoms with E-state index in [0.29, 0.717) is 10.8 Å². The minimum Gasteiger partial charge on any atom is -0.495 e. The topological polar surface area (TPSA) is 50.3 Å². The van der Waals surface area contributed by atoms with Crippen molar-refractivity contribution in [1.29, 1.82) is 0 Å². The first-order chi connectivity index (χ1) is 12.1. The van der Waals surface area contributed by atoms with Crippen LogP contribution in [0.2, 0.25) is 5.02 Å². The van der Waals surface area contributed by atoms with Crippen molar-refractivity contribution in [3.63, 3.8) is 0 Å². The normalized spacial score (nSPS) is 15.0. The van der Waals surface area contributed by atoms with Crippen molar-refractivity contribution >= 4 is 29.1 Å². The van der Waals surface area contributed by atoms with Crippen LogP contribution in [0.3, 0.4) is 0 Å². The molecular formula is C19H25ClN4O. The van der Waals surface area contributed by atoms with E-state index in [1.54, 1.807) is 7.11 Å². The van der Waals surface area contributed by atoms with Crippen LogP contribution in [0.4, 0.5) is 17.5 Å². The maximum atomic E-state index is 6.19. The van der Waals surface area contributed by atoms with E-state index in [1.807, 2.05) is 32.0 Å². The van der Waals surface area contributed by atoms with Crippen LogP contribution in [0, 0.1) is 13.8 Å². The summed E-state index contributed by atoms with van der Waals surface area (Å²) in [4.78, 5) is 11.7. The largest absolute Gasteiger partial charge is 0.495 e. The van der Waals surface area contributed by atoms with E-state index in [9.17, 15) is 0 Å². The summed E-state index contributed by atoms with van der Waals surface area (Å²) in [5.41, 5.74) is 2.79. The maximum Gasteiger partial charge on any atom is 0.227 e. The highest BCUT2D eigenvalue weighted by Gasteiger charge is 2.15. The third-order valence-electron chi connectivity index (χ3n) is 4.47. The molecule has 1 fully saturated rings. The molecule has 1 aliphatic rings. The number of hydrogen-bond acceptors (Lipinski definition) is 5. The zero-order chi connectivity index (χ0) is 17.8. The zero-order valence-electron chi connectivity index (χ0n) is 15.1. The number of anilines is 3. The van der Waals surface area contributed by atoms with Gasteiger partial charge in [-0.15, -0.1) is 0 Å². The fourth-order valence-electron chi connectivity index (χ4n) is 3.10. The molecule has 2 aromatic rings. The molecule has 0 spiro atoms. The van der Waals surface area contributed by atoms with Gasteiger partial charge < -0.3 is 15.0 Å². The second-order valence-corrected chi connectivity index (χ2v) is 6.93. The molecule has 0 amide bonds. The SMILES string of the molecule is COc1cc(Cl)c(C)cc1Nc1cc(C)nc(N2CCCCCC2)n1. The number of nitrogens with zero attached hydrogens (tertiary/aromatic N) is 3. The van der Waals surface area contributed by atoms with E-state index in [-0.39, 0.29) is 0 Å². The van der Waals surface area contributed by atoms with Crippen LogP contribution in [-0.4, -0.2) is 30.2 Å². The van der Waals surface area contributed by atoms with Crippen LogP contribution in [0.15, 0.2) is 18.2 Å². The molecule has 1 saturated heterocycles. The van der Waals surface area contributed by atoms with Crippen molar-refractivity contribution in [3.8, 4) is 5.75 Å². The summed E-state index contributed by atoms with van der Waals surface area (Å²) in [7, 11) is 1.64. The van der Waals surface area contributed by atoms with Crippen LogP contribution in [-0.2, 0) is 0 Å². The van der Waals surface area contributed by atoms with Crippen LogP contribution in [0.5, 0.6) is 5.75 Å². The zero-order valence-corrected chi connectivity index (χ0v) is 15.9. The molecular weight excluding hydrogens is 336 g/mol. The molecule has 0 radical (unpaired) electrons. The first kappa shape index (κ1) is 17.8. The Bertz CT molecular complexity index is 742. The molecule has 0 aliphatic carbocycles. The molecule has 1 N–H and O–H groups in total. The molecule has 0 unspecified atom stereocenters. The molecule has 3 rings (SSSR count). The smallest absolute Gasteiger partial charge is 0.227 e. The van der Waals surface area contributed by atoms with Gasteiger partial charge in [-0.05, 0) is 38.3 Å². The standard InChI is InChI=1S/C19H25ClN4O/c1-13-10-16(17(25-3)12-15(13)20)22-18-11-14(2)21-19(23-18)24-8-6-4-5-7-9-24/h10-12H,4-9H2,1-3H3,(H,21,22,23). The van der Waals surface area contributed by atoms with Crippen LogP contribution < -0.4 is 15.0 Å². The molecule has 1 aromatic heterocycles. The fourth-order valence-corrected chi connectivity index (χ4v) is 3.25. The Morgan fingerprint density at radius 3 is 2.44 bits per heavy atom. The van der Waals surface area contributed by atoms with E-state index < -0.39 is 0 Å². The van der Waals surface area contributed by atoms with Gasteiger partial charge in [0.2, 0.25) is 5.95 Å². The molecule has 25 heavy (non-hydrogen) atoms. The number of halogens is 1. The summed E-state index contributed by atoms with van der Waals surface area (Å²) in [5, 5.41) is 4.05. The Labute approximate surface area is 154 Å². The molecule has 0 bridgehead atoms. The molecule has 0 saturated carbocycles. The second kappa shape index (κ2) is 7.91. The van der Waals surface area contributed by atoms with Gasteiger partial charge in [0.05, 0.1) is 12.8 Å². The van der Waals surface area contributed by atoms with E-state index >= 15 is 0 Å². The lowest BCUT2D eigenvalue weighted by Gasteiger charge is -2.21. The van der Waals surface area contributed by atoms with Crippen molar-refractivity contribution in [1.82, 2.24) is 9.97 Å². The summed E-state index contributed by atoms with van der Waals surface area (Å²) < 4.78 is 5.45. The van der Waals surface area contributed by atoms with Crippen LogP contribution in [0.1, 0.15) is 36.9 Å². The van der Waals surface area contributed by atoms with Gasteiger partial charge in [0.25, 0.3) is 0 Å². The molecule has 134 valence electrons. The van der Waals surface area contributed by atoms with Gasteiger partial charge in [0.15, 0.2) is 0 Å². The predicted octanol–water partition coefficient (Wildman–Crippen LogP) is 4.88. The van der Waals surface area contributed by atoms with Gasteiger partial charge >= 0.3 is 0 Å².